The van der Waals surface area contributed by atoms with Crippen molar-refractivity contribution >= 4 is 23.4 Å². The molecule has 0 spiro atoms. The van der Waals surface area contributed by atoms with E-state index in [1.54, 1.807) is 17.0 Å². The number of anilines is 3. The van der Waals surface area contributed by atoms with E-state index in [0.29, 0.717) is 25.7 Å². The van der Waals surface area contributed by atoms with Crippen LogP contribution in [0, 0.1) is 17.1 Å². The molecule has 1 aromatic carbocycles. The second kappa shape index (κ2) is 11.3. The minimum atomic E-state index is -0.223. The fourth-order valence-electron chi connectivity index (χ4n) is 7.12. The molecule has 2 saturated heterocycles. The van der Waals surface area contributed by atoms with Crippen molar-refractivity contribution < 1.29 is 9.18 Å². The van der Waals surface area contributed by atoms with Crippen LogP contribution in [0.15, 0.2) is 30.9 Å². The molecule has 2 fully saturated rings. The summed E-state index contributed by atoms with van der Waals surface area (Å²) in [5.74, 6) is 1.40. The van der Waals surface area contributed by atoms with Gasteiger partial charge in [-0.25, -0.2) is 9.37 Å². The number of para-hydroxylation sites is 1. The van der Waals surface area contributed by atoms with Gasteiger partial charge in [0.05, 0.1) is 29.9 Å². The third-order valence-electron chi connectivity index (χ3n) is 9.38. The summed E-state index contributed by atoms with van der Waals surface area (Å²) in [5.41, 5.74) is 4.04. The summed E-state index contributed by atoms with van der Waals surface area (Å²) in [6.07, 6.45) is 5.97. The van der Waals surface area contributed by atoms with Gasteiger partial charge in [0.2, 0.25) is 11.9 Å². The number of hydrogen-bond acceptors (Lipinski definition) is 8. The zero-order valence-electron chi connectivity index (χ0n) is 24.1. The molecule has 41 heavy (non-hydrogen) atoms. The number of carbonyl (C=O) groups is 1. The molecule has 216 valence electrons. The van der Waals surface area contributed by atoms with Gasteiger partial charge < -0.3 is 24.5 Å². The number of aromatic nitrogens is 2. The van der Waals surface area contributed by atoms with E-state index in [1.807, 2.05) is 6.07 Å². The van der Waals surface area contributed by atoms with Crippen LogP contribution in [-0.2, 0) is 24.1 Å². The molecule has 0 radical (unpaired) electrons. The zero-order chi connectivity index (χ0) is 28.7. The molecule has 4 aliphatic rings. The van der Waals surface area contributed by atoms with Gasteiger partial charge in [0.25, 0.3) is 0 Å². The number of carbonyl (C=O) groups excluding carboxylic acids is 1. The lowest BCUT2D eigenvalue weighted by Crippen LogP contribution is -2.55. The minimum Gasteiger partial charge on any atom is -0.365 e. The third-order valence-corrected chi connectivity index (χ3v) is 9.38. The second-order valence-corrected chi connectivity index (χ2v) is 11.9. The van der Waals surface area contributed by atoms with Crippen LogP contribution in [0.5, 0.6) is 0 Å². The molecule has 9 nitrogen and oxygen atoms in total. The summed E-state index contributed by atoms with van der Waals surface area (Å²) in [6.45, 7) is 7.95. The number of likely N-dealkylation sites (N-methyl/N-ethyl adjacent to an activating group) is 1. The van der Waals surface area contributed by atoms with Crippen molar-refractivity contribution in [1.29, 1.82) is 5.26 Å². The highest BCUT2D eigenvalue weighted by molar-refractivity contribution is 5.87. The van der Waals surface area contributed by atoms with Crippen LogP contribution in [0.1, 0.15) is 36.1 Å². The number of benzene rings is 1. The number of rotatable bonds is 6. The summed E-state index contributed by atoms with van der Waals surface area (Å²) in [6, 6.07) is 8.08. The Bertz CT molecular complexity index is 1370. The molecule has 1 aromatic heterocycles. The molecule has 0 N–H and O–H groups in total. The maximum atomic E-state index is 14.9. The maximum absolute atomic E-state index is 14.9. The lowest BCUT2D eigenvalue weighted by atomic mass is 9.90. The molecule has 1 amide bonds. The van der Waals surface area contributed by atoms with E-state index in [1.165, 1.54) is 6.08 Å². The Morgan fingerprint density at radius 3 is 2.76 bits per heavy atom. The van der Waals surface area contributed by atoms with E-state index in [2.05, 4.69) is 46.3 Å². The number of halogens is 1. The number of nitrogens with zero attached hydrogens (tertiary/aromatic N) is 8. The van der Waals surface area contributed by atoms with Gasteiger partial charge in [-0.1, -0.05) is 18.7 Å². The van der Waals surface area contributed by atoms with Gasteiger partial charge in [-0.2, -0.15) is 10.2 Å². The Labute approximate surface area is 241 Å². The molecule has 3 unspecified atom stereocenters. The Hall–Kier alpha value is -3.71. The zero-order valence-corrected chi connectivity index (χ0v) is 24.1. The molecule has 2 aromatic rings. The fourth-order valence-corrected chi connectivity index (χ4v) is 7.12. The van der Waals surface area contributed by atoms with Crippen molar-refractivity contribution in [2.75, 3.05) is 68.1 Å². The highest BCUT2D eigenvalue weighted by atomic mass is 19.1. The van der Waals surface area contributed by atoms with Gasteiger partial charge in [0.15, 0.2) is 0 Å². The van der Waals surface area contributed by atoms with E-state index in [-0.39, 0.29) is 30.2 Å². The Morgan fingerprint density at radius 1 is 1.15 bits per heavy atom. The topological polar surface area (TPSA) is 82.8 Å². The molecule has 3 atom stereocenters. The highest BCUT2D eigenvalue weighted by Gasteiger charge is 2.37. The van der Waals surface area contributed by atoms with Gasteiger partial charge in [0.1, 0.15) is 11.6 Å². The first-order valence-corrected chi connectivity index (χ1v) is 14.8. The van der Waals surface area contributed by atoms with Crippen LogP contribution in [0.4, 0.5) is 21.8 Å². The molecule has 0 saturated carbocycles. The van der Waals surface area contributed by atoms with Crippen molar-refractivity contribution in [3.05, 3.63) is 53.5 Å². The number of amides is 1. The second-order valence-electron chi connectivity index (χ2n) is 11.9. The Balaban J connectivity index is 1.34. The van der Waals surface area contributed by atoms with Crippen molar-refractivity contribution in [1.82, 2.24) is 19.8 Å². The van der Waals surface area contributed by atoms with Crippen LogP contribution in [0.3, 0.4) is 0 Å². The summed E-state index contributed by atoms with van der Waals surface area (Å²) in [7, 11) is 4.23. The van der Waals surface area contributed by atoms with E-state index < -0.39 is 0 Å². The molecular formula is C31H39FN8O. The lowest BCUT2D eigenvalue weighted by Gasteiger charge is -2.42. The lowest BCUT2D eigenvalue weighted by molar-refractivity contribution is -0.128. The van der Waals surface area contributed by atoms with Crippen LogP contribution in [0.25, 0.3) is 0 Å². The average molecular weight is 559 g/mol. The van der Waals surface area contributed by atoms with Gasteiger partial charge in [0, 0.05) is 63.3 Å². The normalized spacial score (nSPS) is 23.9. The molecule has 10 heteroatoms. The largest absolute Gasteiger partial charge is 0.365 e. The van der Waals surface area contributed by atoms with E-state index >= 15 is 0 Å². The first kappa shape index (κ1) is 27.5. The summed E-state index contributed by atoms with van der Waals surface area (Å²) in [4.78, 5) is 33.7. The predicted octanol–water partition coefficient (Wildman–Crippen LogP) is 2.79. The Morgan fingerprint density at radius 2 is 2.00 bits per heavy atom. The van der Waals surface area contributed by atoms with Crippen molar-refractivity contribution in [3.8, 4) is 6.07 Å². The first-order valence-electron chi connectivity index (χ1n) is 14.8. The predicted molar refractivity (Wildman–Crippen MR) is 158 cm³/mol. The van der Waals surface area contributed by atoms with Crippen molar-refractivity contribution in [3.63, 3.8) is 0 Å². The molecule has 6 rings (SSSR count). The smallest absolute Gasteiger partial charge is 0.246 e. The number of hydrogen-bond donors (Lipinski definition) is 0. The summed E-state index contributed by atoms with van der Waals surface area (Å²) in [5, 5.41) is 9.52. The van der Waals surface area contributed by atoms with Crippen LogP contribution in [-0.4, -0.2) is 97.2 Å². The summed E-state index contributed by atoms with van der Waals surface area (Å²) < 4.78 is 14.9. The Kier molecular flexibility index (Phi) is 7.56. The van der Waals surface area contributed by atoms with Crippen molar-refractivity contribution in [2.45, 2.75) is 56.7 Å². The molecule has 4 heterocycles. The highest BCUT2D eigenvalue weighted by Crippen LogP contribution is 2.38. The molecule has 0 bridgehead atoms. The monoisotopic (exact) mass is 558 g/mol. The van der Waals surface area contributed by atoms with Crippen LogP contribution >= 0.6 is 0 Å². The van der Waals surface area contributed by atoms with E-state index in [9.17, 15) is 14.4 Å². The van der Waals surface area contributed by atoms with E-state index in [0.717, 1.165) is 86.0 Å². The minimum absolute atomic E-state index is 0.136. The maximum Gasteiger partial charge on any atom is 0.246 e. The first-order chi connectivity index (χ1) is 19.9. The van der Waals surface area contributed by atoms with Gasteiger partial charge in [-0.3, -0.25) is 4.79 Å². The standard InChI is InChI=1S/C31H39FN8O/c1-4-28(41)39-17-16-37(20-24(39)10-13-33)30-25-9-8-22(40-15-11-21-6-5-7-26(32)29(21)40)18-27(25)34-31(35-30)38-14-12-23(19-38)36(2)3/h4-7,22-24H,1,8-12,14-20H2,2-3H3. The number of fused-ring (bicyclic) bond motifs is 2. The molecule has 1 aliphatic carbocycles. The van der Waals surface area contributed by atoms with Crippen LogP contribution in [0.2, 0.25) is 0 Å². The SMILES string of the molecule is C=CC(=O)N1CCN(c2nc(N3CCC(N(C)C)C3)nc3c2CCC(N2CCc4cccc(F)c42)C3)CC1CC#N. The van der Waals surface area contributed by atoms with Gasteiger partial charge >= 0.3 is 0 Å². The number of piperazine rings is 1. The van der Waals surface area contributed by atoms with Gasteiger partial charge in [-0.15, -0.1) is 0 Å². The molecular weight excluding hydrogens is 519 g/mol. The summed E-state index contributed by atoms with van der Waals surface area (Å²) >= 11 is 0. The average Bonchev–Trinajstić information content (AvgIpc) is 3.65. The van der Waals surface area contributed by atoms with E-state index in [4.69, 9.17) is 9.97 Å². The number of nitriles is 1. The van der Waals surface area contributed by atoms with Crippen molar-refractivity contribution in [2.24, 2.45) is 0 Å². The quantitative estimate of drug-likeness (QED) is 0.501. The van der Waals surface area contributed by atoms with Gasteiger partial charge in [-0.05, 0) is 57.5 Å². The molecule has 3 aliphatic heterocycles. The third kappa shape index (κ3) is 5.12. The van der Waals surface area contributed by atoms with Crippen LogP contribution < -0.4 is 14.7 Å². The fraction of sp³-hybridized carbons (Fsp3) is 0.548.